The zero-order chi connectivity index (χ0) is 16.6. The van der Waals surface area contributed by atoms with Crippen LogP contribution in [0.15, 0.2) is 46.2 Å². The minimum absolute atomic E-state index is 0.494. The van der Waals surface area contributed by atoms with Crippen LogP contribution in [-0.4, -0.2) is 25.5 Å². The first-order valence-corrected chi connectivity index (χ1v) is 9.24. The van der Waals surface area contributed by atoms with E-state index < -0.39 is 0 Å². The number of halogens is 3. The molecule has 0 radical (unpaired) electrons. The van der Waals surface area contributed by atoms with Crippen molar-refractivity contribution in [2.75, 3.05) is 20.6 Å². The fraction of sp³-hybridized carbons (Fsp3) is 0.222. The lowest BCUT2D eigenvalue weighted by atomic mass is 9.96. The van der Waals surface area contributed by atoms with Gasteiger partial charge in [0, 0.05) is 21.9 Å². The summed E-state index contributed by atoms with van der Waals surface area (Å²) in [6.07, 6.45) is 3.16. The summed E-state index contributed by atoms with van der Waals surface area (Å²) in [5.74, 6) is 0. The van der Waals surface area contributed by atoms with Gasteiger partial charge in [-0.05, 0) is 43.8 Å². The molecule has 23 heavy (non-hydrogen) atoms. The zero-order valence-electron chi connectivity index (χ0n) is 12.9. The van der Waals surface area contributed by atoms with Crippen molar-refractivity contribution in [3.8, 4) is 0 Å². The minimum Gasteiger partial charge on any atom is -0.309 e. The normalized spacial score (nSPS) is 15.0. The van der Waals surface area contributed by atoms with Gasteiger partial charge in [-0.2, -0.15) is 0 Å². The van der Waals surface area contributed by atoms with E-state index in [1.807, 2.05) is 12.1 Å². The molecule has 2 aromatic carbocycles. The molecule has 0 saturated heterocycles. The van der Waals surface area contributed by atoms with Gasteiger partial charge in [0.25, 0.3) is 0 Å². The van der Waals surface area contributed by atoms with Crippen LogP contribution in [0.5, 0.6) is 0 Å². The third-order valence-corrected chi connectivity index (χ3v) is 6.11. The van der Waals surface area contributed by atoms with Crippen LogP contribution < -0.4 is 0 Å². The Morgan fingerprint density at radius 3 is 2.57 bits per heavy atom. The molecule has 3 rings (SSSR count). The fourth-order valence-corrected chi connectivity index (χ4v) is 4.63. The molecule has 0 fully saturated rings. The molecule has 0 atom stereocenters. The van der Waals surface area contributed by atoms with E-state index in [-0.39, 0.29) is 0 Å². The molecule has 0 unspecified atom stereocenters. The molecule has 120 valence electrons. The highest BCUT2D eigenvalue weighted by molar-refractivity contribution is 7.99. The van der Waals surface area contributed by atoms with Crippen LogP contribution in [0.1, 0.15) is 17.5 Å². The second kappa shape index (κ2) is 7.08. The Hall–Kier alpha value is -0.640. The third kappa shape index (κ3) is 3.42. The minimum atomic E-state index is 0.494. The maximum Gasteiger partial charge on any atom is 0.0683 e. The van der Waals surface area contributed by atoms with E-state index >= 15 is 0 Å². The summed E-state index contributed by atoms with van der Waals surface area (Å²) in [6.45, 7) is 0.972. The quantitative estimate of drug-likeness (QED) is 0.474. The molecule has 0 N–H and O–H groups in total. The number of hydrogen-bond donors (Lipinski definition) is 0. The van der Waals surface area contributed by atoms with Crippen LogP contribution in [0.25, 0.3) is 5.57 Å². The van der Waals surface area contributed by atoms with Gasteiger partial charge >= 0.3 is 0 Å². The molecule has 1 nitrogen and oxygen atoms in total. The highest BCUT2D eigenvalue weighted by atomic mass is 35.5. The summed E-state index contributed by atoms with van der Waals surface area (Å²) in [6, 6.07) is 10.0. The van der Waals surface area contributed by atoms with Gasteiger partial charge in [0.1, 0.15) is 0 Å². The van der Waals surface area contributed by atoms with Crippen molar-refractivity contribution < 1.29 is 0 Å². The Kier molecular flexibility index (Phi) is 5.29. The van der Waals surface area contributed by atoms with E-state index in [1.54, 1.807) is 17.8 Å². The van der Waals surface area contributed by atoms with E-state index in [2.05, 4.69) is 37.2 Å². The Bertz CT molecular complexity index is 784. The van der Waals surface area contributed by atoms with E-state index in [0.717, 1.165) is 29.0 Å². The molecule has 0 aromatic heterocycles. The van der Waals surface area contributed by atoms with Crippen LogP contribution in [0, 0.1) is 0 Å². The summed E-state index contributed by atoms with van der Waals surface area (Å²) in [5.41, 5.74) is 3.25. The number of rotatable bonds is 3. The first-order valence-electron chi connectivity index (χ1n) is 7.29. The van der Waals surface area contributed by atoms with Crippen molar-refractivity contribution in [3.63, 3.8) is 0 Å². The summed E-state index contributed by atoms with van der Waals surface area (Å²) in [7, 11) is 4.13. The third-order valence-electron chi connectivity index (χ3n) is 3.71. The average Bonchev–Trinajstić information content (AvgIpc) is 2.52. The summed E-state index contributed by atoms with van der Waals surface area (Å²) < 4.78 is 0. The maximum absolute atomic E-state index is 6.53. The number of fused-ring (bicyclic) bond motifs is 2. The second-order valence-corrected chi connectivity index (χ2v) is 7.91. The largest absolute Gasteiger partial charge is 0.309 e. The molecular weight excluding hydrogens is 369 g/mol. The summed E-state index contributed by atoms with van der Waals surface area (Å²) in [5, 5.41) is 1.71. The van der Waals surface area contributed by atoms with Gasteiger partial charge in [-0.25, -0.2) is 0 Å². The van der Waals surface area contributed by atoms with Gasteiger partial charge in [0.15, 0.2) is 0 Å². The van der Waals surface area contributed by atoms with E-state index in [4.69, 9.17) is 34.8 Å². The number of nitrogens with zero attached hydrogens (tertiary/aromatic N) is 1. The van der Waals surface area contributed by atoms with Crippen LogP contribution in [0.4, 0.5) is 0 Å². The smallest absolute Gasteiger partial charge is 0.0683 e. The molecule has 0 spiro atoms. The topological polar surface area (TPSA) is 3.24 Å². The highest BCUT2D eigenvalue weighted by Gasteiger charge is 2.26. The van der Waals surface area contributed by atoms with Gasteiger partial charge in [0.2, 0.25) is 0 Å². The van der Waals surface area contributed by atoms with Gasteiger partial charge in [-0.3, -0.25) is 0 Å². The van der Waals surface area contributed by atoms with Crippen molar-refractivity contribution in [2.45, 2.75) is 16.2 Å². The van der Waals surface area contributed by atoms with Crippen LogP contribution >= 0.6 is 46.6 Å². The molecule has 2 aromatic rings. The molecule has 1 aliphatic heterocycles. The predicted molar refractivity (Wildman–Crippen MR) is 102 cm³/mol. The molecule has 1 aliphatic rings. The van der Waals surface area contributed by atoms with Gasteiger partial charge < -0.3 is 4.90 Å². The van der Waals surface area contributed by atoms with Crippen molar-refractivity contribution in [2.24, 2.45) is 0 Å². The molecule has 0 bridgehead atoms. The predicted octanol–water partition coefficient (Wildman–Crippen LogP) is 6.49. The Labute approximate surface area is 156 Å². The lowest BCUT2D eigenvalue weighted by Gasteiger charge is -2.25. The summed E-state index contributed by atoms with van der Waals surface area (Å²) in [4.78, 5) is 4.33. The SMILES string of the molecule is CN(C)CCC=C1c2ccccc2Sc2c(Cl)cc(Cl)c(Cl)c21. The van der Waals surface area contributed by atoms with E-state index in [1.165, 1.54) is 10.5 Å². The number of hydrogen-bond acceptors (Lipinski definition) is 2. The first-order chi connectivity index (χ1) is 11.0. The van der Waals surface area contributed by atoms with Crippen LogP contribution in [0.2, 0.25) is 15.1 Å². The molecule has 0 amide bonds. The van der Waals surface area contributed by atoms with Crippen molar-refractivity contribution in [3.05, 3.63) is 62.6 Å². The lowest BCUT2D eigenvalue weighted by molar-refractivity contribution is 0.417. The zero-order valence-corrected chi connectivity index (χ0v) is 16.0. The molecule has 0 aliphatic carbocycles. The van der Waals surface area contributed by atoms with Crippen LogP contribution in [0.3, 0.4) is 0 Å². The molecule has 5 heteroatoms. The second-order valence-electron chi connectivity index (χ2n) is 5.67. The lowest BCUT2D eigenvalue weighted by Crippen LogP contribution is -2.12. The highest BCUT2D eigenvalue weighted by Crippen LogP contribution is 2.52. The van der Waals surface area contributed by atoms with E-state index in [0.29, 0.717) is 15.1 Å². The monoisotopic (exact) mass is 383 g/mol. The van der Waals surface area contributed by atoms with Crippen molar-refractivity contribution in [1.82, 2.24) is 4.90 Å². The maximum atomic E-state index is 6.53. The van der Waals surface area contributed by atoms with Gasteiger partial charge in [-0.15, -0.1) is 0 Å². The van der Waals surface area contributed by atoms with Crippen LogP contribution in [-0.2, 0) is 0 Å². The van der Waals surface area contributed by atoms with Crippen molar-refractivity contribution >= 4 is 52.1 Å². The molecule has 0 saturated carbocycles. The Morgan fingerprint density at radius 1 is 1.09 bits per heavy atom. The first kappa shape index (κ1) is 17.2. The Balaban J connectivity index is 2.18. The average molecular weight is 385 g/mol. The van der Waals surface area contributed by atoms with E-state index in [9.17, 15) is 0 Å². The standard InChI is InChI=1S/C18H16Cl3NS/c1-22(2)9-5-7-12-11-6-3-4-8-15(11)23-18-14(20)10-13(19)17(21)16(12)18/h3-4,6-8,10H,5,9H2,1-2H3. The Morgan fingerprint density at radius 2 is 1.83 bits per heavy atom. The summed E-state index contributed by atoms with van der Waals surface area (Å²) >= 11 is 20.9. The van der Waals surface area contributed by atoms with Gasteiger partial charge in [-0.1, -0.05) is 70.8 Å². The van der Waals surface area contributed by atoms with Gasteiger partial charge in [0.05, 0.1) is 15.1 Å². The fourth-order valence-electron chi connectivity index (χ4n) is 2.62. The van der Waals surface area contributed by atoms with Crippen molar-refractivity contribution in [1.29, 1.82) is 0 Å². The number of benzene rings is 2. The molecular formula is C18H16Cl3NS. The molecule has 1 heterocycles.